The fourth-order valence-corrected chi connectivity index (χ4v) is 3.81. The van der Waals surface area contributed by atoms with Crippen LogP contribution in [0.1, 0.15) is 17.7 Å². The molecular weight excluding hydrogens is 338 g/mol. The first kappa shape index (κ1) is 17.6. The van der Waals surface area contributed by atoms with Crippen LogP contribution < -0.4 is 10.6 Å². The zero-order valence-corrected chi connectivity index (χ0v) is 14.9. The van der Waals surface area contributed by atoms with Crippen LogP contribution in [0.25, 0.3) is 11.3 Å². The quantitative estimate of drug-likeness (QED) is 0.802. The molecule has 2 N–H and O–H groups in total. The molecule has 7 heteroatoms. The molecule has 1 unspecified atom stereocenters. The van der Waals surface area contributed by atoms with Crippen molar-refractivity contribution in [2.45, 2.75) is 19.3 Å². The van der Waals surface area contributed by atoms with Crippen molar-refractivity contribution in [3.05, 3.63) is 35.2 Å². The molecule has 0 saturated carbocycles. The van der Waals surface area contributed by atoms with E-state index in [1.807, 2.05) is 30.3 Å². The lowest BCUT2D eigenvalue weighted by Gasteiger charge is -2.21. The summed E-state index contributed by atoms with van der Waals surface area (Å²) >= 11 is 1.33. The Hall–Kier alpha value is -2.25. The molecule has 1 aromatic heterocycles. The molecular formula is C18H21N3O3S. The van der Waals surface area contributed by atoms with Gasteiger partial charge in [0.15, 0.2) is 5.13 Å². The number of ether oxygens (including phenoxy) is 1. The Labute approximate surface area is 150 Å². The van der Waals surface area contributed by atoms with E-state index in [4.69, 9.17) is 4.74 Å². The van der Waals surface area contributed by atoms with Crippen LogP contribution in [-0.2, 0) is 20.7 Å². The van der Waals surface area contributed by atoms with Crippen LogP contribution in [0.15, 0.2) is 30.3 Å². The Balaban J connectivity index is 1.82. The van der Waals surface area contributed by atoms with Crippen LogP contribution in [0.3, 0.4) is 0 Å². The van der Waals surface area contributed by atoms with E-state index in [2.05, 4.69) is 15.6 Å². The lowest BCUT2D eigenvalue weighted by Crippen LogP contribution is -2.37. The van der Waals surface area contributed by atoms with E-state index in [0.717, 1.165) is 29.8 Å². The zero-order valence-electron chi connectivity index (χ0n) is 14.1. The van der Waals surface area contributed by atoms with Gasteiger partial charge in [0.1, 0.15) is 0 Å². The zero-order chi connectivity index (χ0) is 17.6. The predicted molar refractivity (Wildman–Crippen MR) is 97.5 cm³/mol. The molecule has 0 bridgehead atoms. The highest BCUT2D eigenvalue weighted by molar-refractivity contribution is 7.16. The summed E-state index contributed by atoms with van der Waals surface area (Å²) in [5.74, 6) is -0.387. The maximum atomic E-state index is 12.4. The molecule has 1 atom stereocenters. The van der Waals surface area contributed by atoms with E-state index < -0.39 is 0 Å². The smallest absolute Gasteiger partial charge is 0.310 e. The number of methoxy groups -OCH3 is 1. The number of amides is 1. The Kier molecular flexibility index (Phi) is 5.78. The monoisotopic (exact) mass is 359 g/mol. The summed E-state index contributed by atoms with van der Waals surface area (Å²) in [7, 11) is 1.37. The summed E-state index contributed by atoms with van der Waals surface area (Å²) < 4.78 is 4.77. The van der Waals surface area contributed by atoms with E-state index in [9.17, 15) is 9.59 Å². The number of anilines is 1. The number of rotatable bonds is 5. The lowest BCUT2D eigenvalue weighted by molar-refractivity contribution is -0.139. The summed E-state index contributed by atoms with van der Waals surface area (Å²) in [6.07, 6.45) is 2.02. The van der Waals surface area contributed by atoms with Crippen molar-refractivity contribution in [1.29, 1.82) is 0 Å². The summed E-state index contributed by atoms with van der Waals surface area (Å²) in [5, 5.41) is 6.67. The average Bonchev–Trinajstić information content (AvgIpc) is 3.05. The third kappa shape index (κ3) is 4.43. The fraction of sp³-hybridized carbons (Fsp3) is 0.389. The Bertz CT molecular complexity index is 739. The minimum atomic E-state index is -0.324. The van der Waals surface area contributed by atoms with Gasteiger partial charge in [-0.25, -0.2) is 4.98 Å². The molecule has 25 heavy (non-hydrogen) atoms. The van der Waals surface area contributed by atoms with Crippen molar-refractivity contribution < 1.29 is 14.3 Å². The van der Waals surface area contributed by atoms with E-state index >= 15 is 0 Å². The Morgan fingerprint density at radius 1 is 1.36 bits per heavy atom. The normalized spacial score (nSPS) is 17.1. The third-order valence-electron chi connectivity index (χ3n) is 4.17. The number of hydrogen-bond donors (Lipinski definition) is 2. The maximum absolute atomic E-state index is 12.4. The number of benzene rings is 1. The number of nitrogens with one attached hydrogen (secondary N) is 2. The molecule has 1 fully saturated rings. The first-order valence-corrected chi connectivity index (χ1v) is 9.12. The highest BCUT2D eigenvalue weighted by atomic mass is 32.1. The van der Waals surface area contributed by atoms with Crippen LogP contribution in [0.4, 0.5) is 5.13 Å². The standard InChI is InChI=1S/C18H21N3O3S/c1-24-15(22)10-14-16(12-6-3-2-4-7-12)20-18(25-14)21-17(23)13-8-5-9-19-11-13/h2-4,6-7,13,19H,5,8-11H2,1H3,(H,20,21,23). The van der Waals surface area contributed by atoms with Gasteiger partial charge in [-0.2, -0.15) is 0 Å². The number of carbonyl (C=O) groups is 2. The van der Waals surface area contributed by atoms with Crippen molar-refractivity contribution in [2.75, 3.05) is 25.5 Å². The topological polar surface area (TPSA) is 80.3 Å². The van der Waals surface area contributed by atoms with Crippen LogP contribution in [-0.4, -0.2) is 37.1 Å². The van der Waals surface area contributed by atoms with Crippen LogP contribution in [0, 0.1) is 5.92 Å². The molecule has 3 rings (SSSR count). The minimum absolute atomic E-state index is 0.0230. The summed E-state index contributed by atoms with van der Waals surface area (Å²) in [6, 6.07) is 9.64. The number of nitrogens with zero attached hydrogens (tertiary/aromatic N) is 1. The van der Waals surface area contributed by atoms with Gasteiger partial charge < -0.3 is 15.4 Å². The van der Waals surface area contributed by atoms with Crippen molar-refractivity contribution in [2.24, 2.45) is 5.92 Å². The summed E-state index contributed by atoms with van der Waals surface area (Å²) in [5.41, 5.74) is 1.63. The molecule has 1 aliphatic heterocycles. The fourth-order valence-electron chi connectivity index (χ4n) is 2.83. The molecule has 2 aromatic rings. The third-order valence-corrected chi connectivity index (χ3v) is 5.15. The van der Waals surface area contributed by atoms with Gasteiger partial charge in [0.05, 0.1) is 25.1 Å². The first-order chi connectivity index (χ1) is 12.2. The molecule has 1 aliphatic rings. The van der Waals surface area contributed by atoms with Gasteiger partial charge in [0.25, 0.3) is 0 Å². The molecule has 1 aromatic carbocycles. The summed E-state index contributed by atoms with van der Waals surface area (Å²) in [4.78, 5) is 29.5. The SMILES string of the molecule is COC(=O)Cc1sc(NC(=O)C2CCCNC2)nc1-c1ccccc1. The molecule has 0 aliphatic carbocycles. The number of aromatic nitrogens is 1. The highest BCUT2D eigenvalue weighted by Gasteiger charge is 2.23. The van der Waals surface area contributed by atoms with Crippen molar-refractivity contribution in [3.63, 3.8) is 0 Å². The maximum Gasteiger partial charge on any atom is 0.310 e. The number of piperidine rings is 1. The van der Waals surface area contributed by atoms with E-state index in [1.165, 1.54) is 18.4 Å². The van der Waals surface area contributed by atoms with E-state index in [0.29, 0.717) is 17.4 Å². The average molecular weight is 359 g/mol. The van der Waals surface area contributed by atoms with Crippen LogP contribution in [0.5, 0.6) is 0 Å². The lowest BCUT2D eigenvalue weighted by atomic mass is 9.99. The number of esters is 1. The molecule has 1 amide bonds. The van der Waals surface area contributed by atoms with Crippen LogP contribution >= 0.6 is 11.3 Å². The van der Waals surface area contributed by atoms with Gasteiger partial charge in [-0.3, -0.25) is 9.59 Å². The van der Waals surface area contributed by atoms with Crippen LogP contribution in [0.2, 0.25) is 0 Å². The number of carbonyl (C=O) groups excluding carboxylic acids is 2. The molecule has 2 heterocycles. The van der Waals surface area contributed by atoms with Gasteiger partial charge in [-0.1, -0.05) is 30.3 Å². The van der Waals surface area contributed by atoms with Gasteiger partial charge in [-0.15, -0.1) is 11.3 Å². The minimum Gasteiger partial charge on any atom is -0.469 e. The van der Waals surface area contributed by atoms with Crippen molar-refractivity contribution in [3.8, 4) is 11.3 Å². The second-order valence-electron chi connectivity index (χ2n) is 5.94. The van der Waals surface area contributed by atoms with Crippen molar-refractivity contribution >= 4 is 28.3 Å². The van der Waals surface area contributed by atoms with Crippen molar-refractivity contribution in [1.82, 2.24) is 10.3 Å². The largest absolute Gasteiger partial charge is 0.469 e. The van der Waals surface area contributed by atoms with Gasteiger partial charge in [-0.05, 0) is 19.4 Å². The molecule has 6 nitrogen and oxygen atoms in total. The Morgan fingerprint density at radius 3 is 2.84 bits per heavy atom. The van der Waals surface area contributed by atoms with Gasteiger partial charge >= 0.3 is 5.97 Å². The van der Waals surface area contributed by atoms with Gasteiger partial charge in [0.2, 0.25) is 5.91 Å². The highest BCUT2D eigenvalue weighted by Crippen LogP contribution is 2.32. The second kappa shape index (κ2) is 8.22. The summed E-state index contributed by atoms with van der Waals surface area (Å²) in [6.45, 7) is 1.65. The molecule has 1 saturated heterocycles. The van der Waals surface area contributed by atoms with Gasteiger partial charge in [0, 0.05) is 17.0 Å². The van der Waals surface area contributed by atoms with E-state index in [-0.39, 0.29) is 24.2 Å². The molecule has 0 spiro atoms. The van der Waals surface area contributed by atoms with E-state index in [1.54, 1.807) is 0 Å². The molecule has 0 radical (unpaired) electrons. The second-order valence-corrected chi connectivity index (χ2v) is 7.03. The first-order valence-electron chi connectivity index (χ1n) is 8.31. The Morgan fingerprint density at radius 2 is 2.16 bits per heavy atom. The molecule has 132 valence electrons. The predicted octanol–water partition coefficient (Wildman–Crippen LogP) is 2.46. The number of hydrogen-bond acceptors (Lipinski definition) is 6. The number of thiazole rings is 1.